The summed E-state index contributed by atoms with van der Waals surface area (Å²) in [5.74, 6) is 0.187. The minimum Gasteiger partial charge on any atom is -0.303 e. The summed E-state index contributed by atoms with van der Waals surface area (Å²) in [7, 11) is 0. The standard InChI is InChI=1S/C21H34O/c1-5-6-7-8-9-10-11-19(17-22)16-18-12-14-20(15-13-18)21(2,3)4/h12-15,17,19H,5-11,16H2,1-4H3. The van der Waals surface area contributed by atoms with Gasteiger partial charge in [0.2, 0.25) is 0 Å². The second kappa shape index (κ2) is 9.82. The first-order valence-electron chi connectivity index (χ1n) is 9.02. The van der Waals surface area contributed by atoms with Crippen molar-refractivity contribution in [3.63, 3.8) is 0 Å². The third-order valence-electron chi connectivity index (χ3n) is 4.44. The van der Waals surface area contributed by atoms with Gasteiger partial charge in [-0.1, -0.05) is 90.5 Å². The molecule has 0 saturated heterocycles. The second-order valence-corrected chi connectivity index (χ2v) is 7.60. The molecule has 0 fully saturated rings. The molecule has 0 bridgehead atoms. The molecule has 0 aliphatic rings. The van der Waals surface area contributed by atoms with Crippen LogP contribution in [-0.4, -0.2) is 6.29 Å². The van der Waals surface area contributed by atoms with Crippen LogP contribution in [0.25, 0.3) is 0 Å². The van der Waals surface area contributed by atoms with Crippen molar-refractivity contribution in [1.29, 1.82) is 0 Å². The van der Waals surface area contributed by atoms with E-state index in [1.54, 1.807) is 0 Å². The van der Waals surface area contributed by atoms with Crippen LogP contribution in [0.1, 0.15) is 83.8 Å². The number of carbonyl (C=O) groups excluding carboxylic acids is 1. The molecule has 0 spiro atoms. The monoisotopic (exact) mass is 302 g/mol. The Morgan fingerprint density at radius 3 is 2.09 bits per heavy atom. The van der Waals surface area contributed by atoms with E-state index in [1.165, 1.54) is 49.7 Å². The van der Waals surface area contributed by atoms with Gasteiger partial charge < -0.3 is 4.79 Å². The Bertz CT molecular complexity index is 411. The van der Waals surface area contributed by atoms with Crippen LogP contribution >= 0.6 is 0 Å². The van der Waals surface area contributed by atoms with Crippen LogP contribution in [0.5, 0.6) is 0 Å². The van der Waals surface area contributed by atoms with Crippen LogP contribution in [0.4, 0.5) is 0 Å². The predicted molar refractivity (Wildman–Crippen MR) is 96.4 cm³/mol. The van der Waals surface area contributed by atoms with Gasteiger partial charge in [-0.25, -0.2) is 0 Å². The van der Waals surface area contributed by atoms with Gasteiger partial charge >= 0.3 is 0 Å². The molecule has 1 nitrogen and oxygen atoms in total. The zero-order valence-electron chi connectivity index (χ0n) is 15.0. The van der Waals surface area contributed by atoms with Crippen molar-refractivity contribution in [2.75, 3.05) is 0 Å². The summed E-state index contributed by atoms with van der Waals surface area (Å²) >= 11 is 0. The van der Waals surface area contributed by atoms with Crippen molar-refractivity contribution in [2.24, 2.45) is 5.92 Å². The summed E-state index contributed by atoms with van der Waals surface area (Å²) in [6.07, 6.45) is 10.8. The summed E-state index contributed by atoms with van der Waals surface area (Å²) < 4.78 is 0. The van der Waals surface area contributed by atoms with E-state index in [1.807, 2.05) is 0 Å². The van der Waals surface area contributed by atoms with E-state index < -0.39 is 0 Å². The van der Waals surface area contributed by atoms with E-state index in [9.17, 15) is 4.79 Å². The summed E-state index contributed by atoms with van der Waals surface area (Å²) in [5.41, 5.74) is 2.84. The van der Waals surface area contributed by atoms with Gasteiger partial charge in [0.05, 0.1) is 0 Å². The van der Waals surface area contributed by atoms with Crippen molar-refractivity contribution in [3.8, 4) is 0 Å². The average Bonchev–Trinajstić information content (AvgIpc) is 2.49. The van der Waals surface area contributed by atoms with Crippen molar-refractivity contribution < 1.29 is 4.79 Å². The second-order valence-electron chi connectivity index (χ2n) is 7.60. The molecule has 0 aliphatic heterocycles. The minimum absolute atomic E-state index is 0.187. The number of unbranched alkanes of at least 4 members (excludes halogenated alkanes) is 5. The largest absolute Gasteiger partial charge is 0.303 e. The molecular weight excluding hydrogens is 268 g/mol. The van der Waals surface area contributed by atoms with Crippen LogP contribution in [-0.2, 0) is 16.6 Å². The van der Waals surface area contributed by atoms with Gasteiger partial charge in [-0.05, 0) is 29.4 Å². The lowest BCUT2D eigenvalue weighted by Gasteiger charge is -2.19. The topological polar surface area (TPSA) is 17.1 Å². The van der Waals surface area contributed by atoms with E-state index in [4.69, 9.17) is 0 Å². The first-order valence-corrected chi connectivity index (χ1v) is 9.02. The molecule has 0 saturated carbocycles. The van der Waals surface area contributed by atoms with Gasteiger partial charge in [0, 0.05) is 5.92 Å². The molecule has 1 rings (SSSR count). The highest BCUT2D eigenvalue weighted by Crippen LogP contribution is 2.23. The van der Waals surface area contributed by atoms with E-state index in [0.29, 0.717) is 0 Å². The molecule has 1 atom stereocenters. The van der Waals surface area contributed by atoms with E-state index >= 15 is 0 Å². The van der Waals surface area contributed by atoms with Crippen LogP contribution in [0.2, 0.25) is 0 Å². The van der Waals surface area contributed by atoms with Crippen LogP contribution in [0.3, 0.4) is 0 Å². The lowest BCUT2D eigenvalue weighted by Crippen LogP contribution is -2.11. The molecule has 0 aromatic heterocycles. The Balaban J connectivity index is 2.37. The van der Waals surface area contributed by atoms with Crippen LogP contribution in [0, 0.1) is 5.92 Å². The minimum atomic E-state index is 0.187. The Kier molecular flexibility index (Phi) is 8.45. The molecular formula is C21H34O. The van der Waals surface area contributed by atoms with Gasteiger partial charge in [-0.2, -0.15) is 0 Å². The van der Waals surface area contributed by atoms with E-state index in [2.05, 4.69) is 52.0 Å². The normalized spacial score (nSPS) is 13.1. The van der Waals surface area contributed by atoms with Crippen molar-refractivity contribution in [1.82, 2.24) is 0 Å². The number of benzene rings is 1. The fourth-order valence-corrected chi connectivity index (χ4v) is 2.85. The zero-order valence-corrected chi connectivity index (χ0v) is 15.0. The lowest BCUT2D eigenvalue weighted by molar-refractivity contribution is -0.111. The Morgan fingerprint density at radius 2 is 1.55 bits per heavy atom. The highest BCUT2D eigenvalue weighted by molar-refractivity contribution is 5.54. The SMILES string of the molecule is CCCCCCCCC(C=O)Cc1ccc(C(C)(C)C)cc1. The van der Waals surface area contributed by atoms with Crippen LogP contribution < -0.4 is 0 Å². The predicted octanol–water partition coefficient (Wildman–Crippen LogP) is 6.09. The molecule has 124 valence electrons. The molecule has 1 heteroatoms. The van der Waals surface area contributed by atoms with Gasteiger partial charge in [0.25, 0.3) is 0 Å². The number of carbonyl (C=O) groups is 1. The van der Waals surface area contributed by atoms with Gasteiger partial charge in [0.15, 0.2) is 0 Å². The third kappa shape index (κ3) is 7.24. The fraction of sp³-hybridized carbons (Fsp3) is 0.667. The Labute approximate surface area is 137 Å². The fourth-order valence-electron chi connectivity index (χ4n) is 2.85. The third-order valence-corrected chi connectivity index (χ3v) is 4.44. The maximum Gasteiger partial charge on any atom is 0.123 e. The first kappa shape index (κ1) is 18.9. The Hall–Kier alpha value is -1.11. The smallest absolute Gasteiger partial charge is 0.123 e. The van der Waals surface area contributed by atoms with E-state index in [0.717, 1.165) is 19.1 Å². The number of hydrogen-bond donors (Lipinski definition) is 0. The summed E-state index contributed by atoms with van der Waals surface area (Å²) in [4.78, 5) is 11.3. The highest BCUT2D eigenvalue weighted by Gasteiger charge is 2.14. The number of hydrogen-bond acceptors (Lipinski definition) is 1. The molecule has 0 N–H and O–H groups in total. The van der Waals surface area contributed by atoms with Gasteiger partial charge in [-0.15, -0.1) is 0 Å². The molecule has 22 heavy (non-hydrogen) atoms. The molecule has 0 heterocycles. The lowest BCUT2D eigenvalue weighted by atomic mass is 9.86. The molecule has 1 unspecified atom stereocenters. The average molecular weight is 303 g/mol. The molecule has 1 aromatic rings. The molecule has 0 radical (unpaired) electrons. The quantitative estimate of drug-likeness (QED) is 0.377. The summed E-state index contributed by atoms with van der Waals surface area (Å²) in [6, 6.07) is 8.81. The van der Waals surface area contributed by atoms with Gasteiger partial charge in [-0.3, -0.25) is 0 Å². The molecule has 0 aliphatic carbocycles. The number of aldehydes is 1. The summed E-state index contributed by atoms with van der Waals surface area (Å²) in [6.45, 7) is 8.94. The Morgan fingerprint density at radius 1 is 0.955 bits per heavy atom. The van der Waals surface area contributed by atoms with Crippen molar-refractivity contribution in [2.45, 2.75) is 84.5 Å². The maximum absolute atomic E-state index is 11.3. The van der Waals surface area contributed by atoms with Crippen molar-refractivity contribution >= 4 is 6.29 Å². The molecule has 1 aromatic carbocycles. The first-order chi connectivity index (χ1) is 10.5. The highest BCUT2D eigenvalue weighted by atomic mass is 16.1. The van der Waals surface area contributed by atoms with Gasteiger partial charge in [0.1, 0.15) is 6.29 Å². The summed E-state index contributed by atoms with van der Waals surface area (Å²) in [5, 5.41) is 0. The zero-order chi connectivity index (χ0) is 16.4. The van der Waals surface area contributed by atoms with Crippen LogP contribution in [0.15, 0.2) is 24.3 Å². The maximum atomic E-state index is 11.3. The van der Waals surface area contributed by atoms with Crippen molar-refractivity contribution in [3.05, 3.63) is 35.4 Å². The molecule has 0 amide bonds. The van der Waals surface area contributed by atoms with E-state index in [-0.39, 0.29) is 11.3 Å². The number of rotatable bonds is 10.